The molecule has 0 aliphatic carbocycles. The number of piperidine rings is 1. The molecule has 0 bridgehead atoms. The van der Waals surface area contributed by atoms with Crippen molar-refractivity contribution in [1.29, 1.82) is 0 Å². The third kappa shape index (κ3) is 4.61. The van der Waals surface area contributed by atoms with E-state index in [9.17, 15) is 4.79 Å². The zero-order chi connectivity index (χ0) is 16.8. The lowest BCUT2D eigenvalue weighted by atomic mass is 9.93. The van der Waals surface area contributed by atoms with Crippen molar-refractivity contribution in [3.8, 4) is 11.5 Å². The van der Waals surface area contributed by atoms with Crippen LogP contribution in [0.25, 0.3) is 0 Å². The Morgan fingerprint density at radius 3 is 2.78 bits per heavy atom. The summed E-state index contributed by atoms with van der Waals surface area (Å²) in [5, 5.41) is 3.62. The fourth-order valence-electron chi connectivity index (χ4n) is 3.08. The van der Waals surface area contributed by atoms with E-state index in [0.717, 1.165) is 37.6 Å². The summed E-state index contributed by atoms with van der Waals surface area (Å²) in [5.74, 6) is 2.18. The van der Waals surface area contributed by atoms with E-state index in [-0.39, 0.29) is 5.91 Å². The van der Waals surface area contributed by atoms with Gasteiger partial charge < -0.3 is 19.7 Å². The van der Waals surface area contributed by atoms with Gasteiger partial charge in [-0.15, -0.1) is 0 Å². The van der Waals surface area contributed by atoms with Crippen molar-refractivity contribution >= 4 is 5.91 Å². The van der Waals surface area contributed by atoms with Crippen molar-refractivity contribution in [3.63, 3.8) is 0 Å². The summed E-state index contributed by atoms with van der Waals surface area (Å²) < 4.78 is 10.9. The zero-order valence-electron chi connectivity index (χ0n) is 14.6. The van der Waals surface area contributed by atoms with E-state index in [1.165, 1.54) is 5.56 Å². The average molecular weight is 320 g/mol. The lowest BCUT2D eigenvalue weighted by Crippen LogP contribution is -2.49. The number of benzene rings is 1. The summed E-state index contributed by atoms with van der Waals surface area (Å²) in [4.78, 5) is 13.4. The molecule has 0 saturated carbocycles. The summed E-state index contributed by atoms with van der Waals surface area (Å²) in [5.41, 5.74) is 1.18. The Balaban J connectivity index is 1.93. The van der Waals surface area contributed by atoms with E-state index in [4.69, 9.17) is 9.47 Å². The predicted octanol–water partition coefficient (Wildman–Crippen LogP) is 2.44. The highest BCUT2D eigenvalue weighted by Crippen LogP contribution is 2.28. The highest BCUT2D eigenvalue weighted by molar-refractivity contribution is 5.73. The molecule has 1 aliphatic heterocycles. The Hall–Kier alpha value is -1.75. The maximum atomic E-state index is 11.5. The van der Waals surface area contributed by atoms with Crippen LogP contribution in [0.3, 0.4) is 0 Å². The lowest BCUT2D eigenvalue weighted by Gasteiger charge is -2.37. The number of carbonyl (C=O) groups is 1. The highest BCUT2D eigenvalue weighted by atomic mass is 16.5. The molecule has 1 saturated heterocycles. The first kappa shape index (κ1) is 17.6. The summed E-state index contributed by atoms with van der Waals surface area (Å²) >= 11 is 0. The maximum absolute atomic E-state index is 11.5. The molecule has 0 unspecified atom stereocenters. The van der Waals surface area contributed by atoms with E-state index in [0.29, 0.717) is 18.6 Å². The van der Waals surface area contributed by atoms with Crippen LogP contribution < -0.4 is 14.8 Å². The molecule has 5 heteroatoms. The number of methoxy groups -OCH3 is 1. The minimum absolute atomic E-state index is 0.173. The normalized spacial score (nSPS) is 21.1. The monoisotopic (exact) mass is 320 g/mol. The van der Waals surface area contributed by atoms with Crippen LogP contribution in [-0.2, 0) is 11.3 Å². The smallest absolute Gasteiger partial charge is 0.219 e. The molecule has 2 rings (SSSR count). The second-order valence-corrected chi connectivity index (χ2v) is 6.14. The first-order valence-corrected chi connectivity index (χ1v) is 8.33. The Morgan fingerprint density at radius 1 is 1.39 bits per heavy atom. The summed E-state index contributed by atoms with van der Waals surface area (Å²) in [7, 11) is 1.65. The molecule has 5 nitrogen and oxygen atoms in total. The Bertz CT molecular complexity index is 533. The molecular weight excluding hydrogens is 292 g/mol. The largest absolute Gasteiger partial charge is 0.493 e. The Kier molecular flexibility index (Phi) is 6.28. The zero-order valence-corrected chi connectivity index (χ0v) is 14.6. The Labute approximate surface area is 139 Å². The van der Waals surface area contributed by atoms with Crippen molar-refractivity contribution in [1.82, 2.24) is 10.2 Å². The third-order valence-electron chi connectivity index (χ3n) is 4.45. The number of carbonyl (C=O) groups excluding carboxylic acids is 1. The van der Waals surface area contributed by atoms with Crippen molar-refractivity contribution in [2.24, 2.45) is 5.92 Å². The molecule has 0 aromatic heterocycles. The van der Waals surface area contributed by atoms with Crippen LogP contribution >= 0.6 is 0 Å². The van der Waals surface area contributed by atoms with Crippen molar-refractivity contribution in [3.05, 3.63) is 23.8 Å². The van der Waals surface area contributed by atoms with E-state index in [1.54, 1.807) is 14.0 Å². The fraction of sp³-hybridized carbons (Fsp3) is 0.611. The van der Waals surface area contributed by atoms with Gasteiger partial charge in [-0.1, -0.05) is 13.0 Å². The summed E-state index contributed by atoms with van der Waals surface area (Å²) in [6.07, 6.45) is 0.995. The summed E-state index contributed by atoms with van der Waals surface area (Å²) in [6.45, 7) is 8.89. The van der Waals surface area contributed by atoms with E-state index in [2.05, 4.69) is 18.3 Å². The van der Waals surface area contributed by atoms with Gasteiger partial charge >= 0.3 is 0 Å². The standard InChI is InChI=1S/C18H28N2O3/c1-5-23-18-10-15(6-7-17(18)22-4)11-19-16-8-9-20(14(3)21)12-13(16)2/h6-7,10,13,16,19H,5,8-9,11-12H2,1-4H3/t13-,16-/m1/s1. The molecule has 1 N–H and O–H groups in total. The van der Waals surface area contributed by atoms with Gasteiger partial charge in [0.15, 0.2) is 11.5 Å². The predicted molar refractivity (Wildman–Crippen MR) is 90.8 cm³/mol. The molecular formula is C18H28N2O3. The van der Waals surface area contributed by atoms with E-state index in [1.807, 2.05) is 24.0 Å². The van der Waals surface area contributed by atoms with Crippen LogP contribution in [0.15, 0.2) is 18.2 Å². The highest BCUT2D eigenvalue weighted by Gasteiger charge is 2.26. The minimum Gasteiger partial charge on any atom is -0.493 e. The molecule has 0 spiro atoms. The summed E-state index contributed by atoms with van der Waals surface area (Å²) in [6, 6.07) is 6.47. The molecule has 1 fully saturated rings. The molecule has 0 radical (unpaired) electrons. The second-order valence-electron chi connectivity index (χ2n) is 6.14. The fourth-order valence-corrected chi connectivity index (χ4v) is 3.08. The number of nitrogens with one attached hydrogen (secondary N) is 1. The van der Waals surface area contributed by atoms with E-state index < -0.39 is 0 Å². The first-order chi connectivity index (χ1) is 11.0. The number of nitrogens with zero attached hydrogens (tertiary/aromatic N) is 1. The van der Waals surface area contributed by atoms with E-state index >= 15 is 0 Å². The second kappa shape index (κ2) is 8.20. The SMILES string of the molecule is CCOc1cc(CN[C@@H]2CCN(C(C)=O)C[C@H]2C)ccc1OC. The Morgan fingerprint density at radius 2 is 2.17 bits per heavy atom. The molecule has 128 valence electrons. The van der Waals surface area contributed by atoms with Crippen LogP contribution in [0.1, 0.15) is 32.8 Å². The first-order valence-electron chi connectivity index (χ1n) is 8.33. The minimum atomic E-state index is 0.173. The molecule has 1 heterocycles. The topological polar surface area (TPSA) is 50.8 Å². The van der Waals surface area contributed by atoms with Gasteiger partial charge in [-0.2, -0.15) is 0 Å². The van der Waals surface area contributed by atoms with Crippen LogP contribution in [0.2, 0.25) is 0 Å². The molecule has 1 aromatic rings. The number of ether oxygens (including phenoxy) is 2. The molecule has 1 amide bonds. The molecule has 1 aliphatic rings. The number of likely N-dealkylation sites (tertiary alicyclic amines) is 1. The number of hydrogen-bond acceptors (Lipinski definition) is 4. The number of rotatable bonds is 6. The average Bonchev–Trinajstić information content (AvgIpc) is 2.54. The number of amides is 1. The van der Waals surface area contributed by atoms with Gasteiger partial charge in [-0.25, -0.2) is 0 Å². The molecule has 23 heavy (non-hydrogen) atoms. The maximum Gasteiger partial charge on any atom is 0.219 e. The van der Waals surface area contributed by atoms with Crippen LogP contribution in [0.5, 0.6) is 11.5 Å². The van der Waals surface area contributed by atoms with Gasteiger partial charge in [0.2, 0.25) is 5.91 Å². The third-order valence-corrected chi connectivity index (χ3v) is 4.45. The molecule has 2 atom stereocenters. The van der Waals surface area contributed by atoms with Crippen molar-refractivity contribution in [2.45, 2.75) is 39.8 Å². The van der Waals surface area contributed by atoms with Crippen LogP contribution in [-0.4, -0.2) is 43.7 Å². The molecule has 1 aromatic carbocycles. The van der Waals surface area contributed by atoms with Gasteiger partial charge in [0.25, 0.3) is 0 Å². The quantitative estimate of drug-likeness (QED) is 0.875. The van der Waals surface area contributed by atoms with Gasteiger partial charge in [0, 0.05) is 32.6 Å². The van der Waals surface area contributed by atoms with Gasteiger partial charge in [0.1, 0.15) is 0 Å². The van der Waals surface area contributed by atoms with Crippen LogP contribution in [0.4, 0.5) is 0 Å². The lowest BCUT2D eigenvalue weighted by molar-refractivity contribution is -0.130. The van der Waals surface area contributed by atoms with Crippen LogP contribution in [0, 0.1) is 5.92 Å². The van der Waals surface area contributed by atoms with Gasteiger partial charge in [-0.05, 0) is 37.0 Å². The van der Waals surface area contributed by atoms with Gasteiger partial charge in [0.05, 0.1) is 13.7 Å². The van der Waals surface area contributed by atoms with Crippen molar-refractivity contribution in [2.75, 3.05) is 26.8 Å². The number of hydrogen-bond donors (Lipinski definition) is 1. The van der Waals surface area contributed by atoms with Crippen molar-refractivity contribution < 1.29 is 14.3 Å². The van der Waals surface area contributed by atoms with Gasteiger partial charge in [-0.3, -0.25) is 4.79 Å².